The van der Waals surface area contributed by atoms with Crippen LogP contribution in [0.15, 0.2) is 0 Å². The van der Waals surface area contributed by atoms with E-state index in [1.807, 2.05) is 6.92 Å². The van der Waals surface area contributed by atoms with Gasteiger partial charge in [0.1, 0.15) is 0 Å². The van der Waals surface area contributed by atoms with E-state index in [1.54, 1.807) is 0 Å². The second-order valence-corrected chi connectivity index (χ2v) is 10.9. The Morgan fingerprint density at radius 2 is 1.85 bits per heavy atom. The maximum absolute atomic E-state index is 10.4. The molecule has 0 aliphatic heterocycles. The lowest BCUT2D eigenvalue weighted by atomic mass is 9.44. The van der Waals surface area contributed by atoms with Crippen LogP contribution in [0.25, 0.3) is 0 Å². The van der Waals surface area contributed by atoms with Gasteiger partial charge in [0, 0.05) is 6.61 Å². The van der Waals surface area contributed by atoms with Crippen LogP contribution in [-0.2, 0) is 4.74 Å². The smallest absolute Gasteiger partial charge is 0.0545 e. The molecule has 0 spiro atoms. The molecule has 2 heteroatoms. The quantitative estimate of drug-likeness (QED) is 0.697. The number of ether oxygens (including phenoxy) is 1. The molecule has 1 N–H and O–H groups in total. The lowest BCUT2D eigenvalue weighted by molar-refractivity contribution is -0.158. The van der Waals surface area contributed by atoms with Crippen molar-refractivity contribution in [3.8, 4) is 0 Å². The molecular weight excluding hydrogens is 320 g/mol. The van der Waals surface area contributed by atoms with E-state index in [9.17, 15) is 5.11 Å². The first-order valence-electron chi connectivity index (χ1n) is 11.7. The zero-order valence-corrected chi connectivity index (χ0v) is 17.7. The average Bonchev–Trinajstić information content (AvgIpc) is 2.97. The van der Waals surface area contributed by atoms with E-state index in [4.69, 9.17) is 4.74 Å². The SMILES string of the molecule is CCOCC12CCC(C)CC1CC[C@H]1C3CCC(C(C)O)C3(C)CCC12. The standard InChI is InChI=1S/C24H42O2/c1-5-26-15-24-13-10-16(2)14-18(24)6-7-19-21-9-8-20(17(3)25)23(21,4)12-11-22(19)24/h16-22,25H,5-15H2,1-4H3/t16?,17?,18?,19-,20?,21?,22?,23?,24?/m0/s1. The third-order valence-electron chi connectivity index (χ3n) is 9.86. The Hall–Kier alpha value is -0.0800. The van der Waals surface area contributed by atoms with E-state index < -0.39 is 0 Å². The molecule has 4 fully saturated rings. The van der Waals surface area contributed by atoms with Gasteiger partial charge in [0.15, 0.2) is 0 Å². The number of fused-ring (bicyclic) bond motifs is 5. The number of rotatable bonds is 4. The Balaban J connectivity index is 1.62. The zero-order chi connectivity index (χ0) is 18.5. The summed E-state index contributed by atoms with van der Waals surface area (Å²) in [7, 11) is 0. The van der Waals surface area contributed by atoms with Crippen LogP contribution in [0, 0.1) is 46.3 Å². The van der Waals surface area contributed by atoms with Gasteiger partial charge in [-0.1, -0.05) is 20.3 Å². The first kappa shape index (κ1) is 19.2. The molecule has 0 saturated heterocycles. The molecule has 0 amide bonds. The van der Waals surface area contributed by atoms with E-state index in [2.05, 4.69) is 20.8 Å². The molecule has 0 aromatic carbocycles. The van der Waals surface area contributed by atoms with Crippen molar-refractivity contribution in [2.45, 2.75) is 91.6 Å². The summed E-state index contributed by atoms with van der Waals surface area (Å²) >= 11 is 0. The highest BCUT2D eigenvalue weighted by Gasteiger charge is 2.61. The van der Waals surface area contributed by atoms with E-state index in [-0.39, 0.29) is 6.10 Å². The zero-order valence-electron chi connectivity index (χ0n) is 17.7. The number of hydrogen-bond donors (Lipinski definition) is 1. The molecule has 0 radical (unpaired) electrons. The summed E-state index contributed by atoms with van der Waals surface area (Å²) in [6.45, 7) is 11.1. The minimum Gasteiger partial charge on any atom is -0.393 e. The Morgan fingerprint density at radius 1 is 1.04 bits per heavy atom. The number of aliphatic hydroxyl groups is 1. The summed E-state index contributed by atoms with van der Waals surface area (Å²) in [4.78, 5) is 0. The van der Waals surface area contributed by atoms with Crippen LogP contribution in [-0.4, -0.2) is 24.4 Å². The molecule has 150 valence electrons. The van der Waals surface area contributed by atoms with Crippen LogP contribution >= 0.6 is 0 Å². The minimum atomic E-state index is -0.134. The van der Waals surface area contributed by atoms with Crippen LogP contribution in [0.2, 0.25) is 0 Å². The van der Waals surface area contributed by atoms with Gasteiger partial charge in [-0.05, 0) is 112 Å². The predicted molar refractivity (Wildman–Crippen MR) is 107 cm³/mol. The van der Waals surface area contributed by atoms with Crippen molar-refractivity contribution in [1.29, 1.82) is 0 Å². The fraction of sp³-hybridized carbons (Fsp3) is 1.00. The fourth-order valence-electron chi connectivity index (χ4n) is 8.67. The normalized spacial score (nSPS) is 52.0. The van der Waals surface area contributed by atoms with E-state index in [1.165, 1.54) is 57.8 Å². The Kier molecular flexibility index (Phi) is 5.23. The molecule has 0 bridgehead atoms. The van der Waals surface area contributed by atoms with Gasteiger partial charge in [0.25, 0.3) is 0 Å². The van der Waals surface area contributed by atoms with Crippen molar-refractivity contribution < 1.29 is 9.84 Å². The third-order valence-corrected chi connectivity index (χ3v) is 9.86. The molecule has 4 aliphatic rings. The van der Waals surface area contributed by atoms with Crippen LogP contribution in [0.4, 0.5) is 0 Å². The van der Waals surface area contributed by atoms with Crippen LogP contribution < -0.4 is 0 Å². The molecular formula is C24H42O2. The van der Waals surface area contributed by atoms with Gasteiger partial charge in [-0.15, -0.1) is 0 Å². The van der Waals surface area contributed by atoms with Crippen LogP contribution in [0.3, 0.4) is 0 Å². The summed E-state index contributed by atoms with van der Waals surface area (Å²) in [6.07, 6.45) is 12.3. The predicted octanol–water partition coefficient (Wildman–Crippen LogP) is 5.68. The minimum absolute atomic E-state index is 0.134. The highest BCUT2D eigenvalue weighted by molar-refractivity contribution is 5.10. The van der Waals surface area contributed by atoms with Gasteiger partial charge >= 0.3 is 0 Å². The summed E-state index contributed by atoms with van der Waals surface area (Å²) < 4.78 is 6.17. The van der Waals surface area contributed by atoms with Gasteiger partial charge in [0.05, 0.1) is 12.7 Å². The lowest BCUT2D eigenvalue weighted by Crippen LogP contribution is -2.56. The van der Waals surface area contributed by atoms with E-state index in [0.29, 0.717) is 16.7 Å². The summed E-state index contributed by atoms with van der Waals surface area (Å²) in [5.41, 5.74) is 0.854. The highest BCUT2D eigenvalue weighted by atomic mass is 16.5. The van der Waals surface area contributed by atoms with Crippen LogP contribution in [0.5, 0.6) is 0 Å². The monoisotopic (exact) mass is 362 g/mol. The van der Waals surface area contributed by atoms with Crippen molar-refractivity contribution in [1.82, 2.24) is 0 Å². The lowest BCUT2D eigenvalue weighted by Gasteiger charge is -2.62. The maximum Gasteiger partial charge on any atom is 0.0545 e. The average molecular weight is 363 g/mol. The van der Waals surface area contributed by atoms with Crippen molar-refractivity contribution >= 4 is 0 Å². The molecule has 9 atom stereocenters. The fourth-order valence-corrected chi connectivity index (χ4v) is 8.67. The van der Waals surface area contributed by atoms with Crippen molar-refractivity contribution in [2.24, 2.45) is 46.3 Å². The molecule has 8 unspecified atom stereocenters. The summed E-state index contributed by atoms with van der Waals surface area (Å²) in [5, 5.41) is 10.4. The van der Waals surface area contributed by atoms with Gasteiger partial charge in [0.2, 0.25) is 0 Å². The Bertz CT molecular complexity index is 498. The van der Waals surface area contributed by atoms with E-state index in [0.717, 1.165) is 42.8 Å². The largest absolute Gasteiger partial charge is 0.393 e. The van der Waals surface area contributed by atoms with E-state index >= 15 is 0 Å². The molecule has 0 heterocycles. The van der Waals surface area contributed by atoms with Crippen molar-refractivity contribution in [3.05, 3.63) is 0 Å². The first-order chi connectivity index (χ1) is 12.4. The van der Waals surface area contributed by atoms with Gasteiger partial charge in [-0.25, -0.2) is 0 Å². The molecule has 0 aromatic rings. The molecule has 26 heavy (non-hydrogen) atoms. The van der Waals surface area contributed by atoms with Crippen molar-refractivity contribution in [3.63, 3.8) is 0 Å². The Morgan fingerprint density at radius 3 is 2.58 bits per heavy atom. The molecule has 4 rings (SSSR count). The van der Waals surface area contributed by atoms with Gasteiger partial charge in [-0.3, -0.25) is 0 Å². The molecule has 0 aromatic heterocycles. The Labute approximate surface area is 161 Å². The molecule has 4 aliphatic carbocycles. The second kappa shape index (κ2) is 7.07. The van der Waals surface area contributed by atoms with Gasteiger partial charge < -0.3 is 9.84 Å². The highest BCUT2D eigenvalue weighted by Crippen LogP contribution is 2.68. The summed E-state index contributed by atoms with van der Waals surface area (Å²) in [5.74, 6) is 4.96. The number of aliphatic hydroxyl groups excluding tert-OH is 1. The molecule has 4 saturated carbocycles. The number of hydrogen-bond acceptors (Lipinski definition) is 2. The van der Waals surface area contributed by atoms with Crippen LogP contribution in [0.1, 0.15) is 85.5 Å². The van der Waals surface area contributed by atoms with Gasteiger partial charge in [-0.2, -0.15) is 0 Å². The second-order valence-electron chi connectivity index (χ2n) is 10.9. The third kappa shape index (κ3) is 2.81. The molecule has 2 nitrogen and oxygen atoms in total. The maximum atomic E-state index is 10.4. The van der Waals surface area contributed by atoms with Crippen molar-refractivity contribution in [2.75, 3.05) is 13.2 Å². The first-order valence-corrected chi connectivity index (χ1v) is 11.7. The topological polar surface area (TPSA) is 29.5 Å². The summed E-state index contributed by atoms with van der Waals surface area (Å²) in [6, 6.07) is 0.